The monoisotopic (exact) mass is 440 g/mol. The highest BCUT2D eigenvalue weighted by Crippen LogP contribution is 2.10. The molecule has 5 nitrogen and oxygen atoms in total. The lowest BCUT2D eigenvalue weighted by Gasteiger charge is -2.03. The van der Waals surface area contributed by atoms with Crippen LogP contribution >= 0.6 is 0 Å². The largest absolute Gasteiger partial charge is 1.00 e. The van der Waals surface area contributed by atoms with Crippen LogP contribution in [0.3, 0.4) is 0 Å². The average Bonchev–Trinajstić information content (AvgIpc) is 2.98. The molecule has 1 heterocycles. The number of esters is 1. The number of hydrogen-bond donors (Lipinski definition) is 0. The Labute approximate surface area is 159 Å². The van der Waals surface area contributed by atoms with E-state index in [0.717, 1.165) is 11.1 Å². The Balaban J connectivity index is 0.00000288. The molecule has 6 heteroatoms. The maximum absolute atomic E-state index is 11.6. The molecule has 0 aliphatic rings. The highest BCUT2D eigenvalue weighted by molar-refractivity contribution is 5.92. The number of nitrogens with zero attached hydrogens (tertiary/aromatic N) is 2. The van der Waals surface area contributed by atoms with Crippen LogP contribution in [-0.2, 0) is 16.1 Å². The smallest absolute Gasteiger partial charge is 0.333 e. The van der Waals surface area contributed by atoms with Crippen molar-refractivity contribution >= 4 is 18.0 Å². The molecule has 0 N–H and O–H groups in total. The number of hydrogen-bond acceptors (Lipinski definition) is 3. The lowest BCUT2D eigenvalue weighted by Crippen LogP contribution is -3.00. The molecule has 2 rings (SSSR count). The van der Waals surface area contributed by atoms with Gasteiger partial charge in [-0.15, -0.1) is 0 Å². The lowest BCUT2D eigenvalue weighted by atomic mass is 10.1. The van der Waals surface area contributed by atoms with E-state index in [1.54, 1.807) is 37.0 Å². The van der Waals surface area contributed by atoms with Crippen molar-refractivity contribution in [2.75, 3.05) is 6.61 Å². The number of carbonyl (C=O) groups excluding carboxylic acids is 2. The predicted octanol–water partition coefficient (Wildman–Crippen LogP) is -0.546. The maximum atomic E-state index is 11.6. The van der Waals surface area contributed by atoms with Crippen LogP contribution in [0.2, 0.25) is 0 Å². The fourth-order valence-corrected chi connectivity index (χ4v) is 2.16. The lowest BCUT2D eigenvalue weighted by molar-refractivity contribution is -0.687. The molecule has 2 aromatic rings. The predicted molar refractivity (Wildman–Crippen MR) is 86.8 cm³/mol. The molecule has 0 saturated heterocycles. The second kappa shape index (κ2) is 9.36. The van der Waals surface area contributed by atoms with Gasteiger partial charge in [-0.3, -0.25) is 0 Å². The molecule has 0 spiro atoms. The molecule has 0 saturated carbocycles. The van der Waals surface area contributed by atoms with Gasteiger partial charge < -0.3 is 28.7 Å². The van der Waals surface area contributed by atoms with Crippen molar-refractivity contribution in [3.63, 3.8) is 0 Å². The van der Waals surface area contributed by atoms with Crippen LogP contribution in [0.1, 0.15) is 36.7 Å². The first-order valence-electron chi connectivity index (χ1n) is 7.52. The van der Waals surface area contributed by atoms with Gasteiger partial charge in [0.1, 0.15) is 18.9 Å². The number of ether oxygens (including phenoxy) is 1. The Morgan fingerprint density at radius 3 is 2.42 bits per heavy atom. The molecule has 24 heavy (non-hydrogen) atoms. The Kier molecular flexibility index (Phi) is 7.84. The summed E-state index contributed by atoms with van der Waals surface area (Å²) in [5.41, 5.74) is 2.64. The summed E-state index contributed by atoms with van der Waals surface area (Å²) in [5.74, 6) is -0.309. The minimum absolute atomic E-state index is 0. The van der Waals surface area contributed by atoms with Crippen molar-refractivity contribution in [2.45, 2.75) is 27.3 Å². The van der Waals surface area contributed by atoms with E-state index in [4.69, 9.17) is 4.74 Å². The molecule has 0 bridgehead atoms. The summed E-state index contributed by atoms with van der Waals surface area (Å²) in [4.78, 5) is 22.9. The maximum Gasteiger partial charge on any atom is 0.333 e. The zero-order chi connectivity index (χ0) is 16.8. The van der Waals surface area contributed by atoms with Crippen LogP contribution in [0.5, 0.6) is 0 Å². The van der Waals surface area contributed by atoms with Crippen LogP contribution in [0.25, 0.3) is 6.08 Å². The Morgan fingerprint density at radius 1 is 1.21 bits per heavy atom. The van der Waals surface area contributed by atoms with Gasteiger partial charge in [0, 0.05) is 12.5 Å². The summed E-state index contributed by atoms with van der Waals surface area (Å²) in [7, 11) is 0. The molecular formula is C18H21IN2O3. The third kappa shape index (κ3) is 5.59. The number of imidazole rings is 1. The van der Waals surface area contributed by atoms with Crippen LogP contribution < -0.4 is 28.5 Å². The molecule has 0 radical (unpaired) electrons. The topological polar surface area (TPSA) is 52.2 Å². The van der Waals surface area contributed by atoms with Crippen molar-refractivity contribution in [1.29, 1.82) is 0 Å². The third-order valence-electron chi connectivity index (χ3n) is 3.38. The third-order valence-corrected chi connectivity index (χ3v) is 3.38. The summed E-state index contributed by atoms with van der Waals surface area (Å²) < 4.78 is 8.44. The van der Waals surface area contributed by atoms with Gasteiger partial charge in [-0.25, -0.2) is 14.2 Å². The van der Waals surface area contributed by atoms with Crippen molar-refractivity contribution in [3.8, 4) is 0 Å². The molecule has 128 valence electrons. The number of carbonyl (C=O) groups is 2. The highest BCUT2D eigenvalue weighted by atomic mass is 127. The minimum Gasteiger partial charge on any atom is -1.00 e. The zero-order valence-corrected chi connectivity index (χ0v) is 16.2. The Hall–Kier alpha value is -1.96. The first kappa shape index (κ1) is 20.1. The first-order valence-corrected chi connectivity index (χ1v) is 7.52. The van der Waals surface area contributed by atoms with Gasteiger partial charge >= 0.3 is 11.9 Å². The van der Waals surface area contributed by atoms with Crippen LogP contribution in [0, 0.1) is 0 Å². The van der Waals surface area contributed by atoms with E-state index in [2.05, 4.69) is 0 Å². The molecule has 0 atom stereocenters. The van der Waals surface area contributed by atoms with Gasteiger partial charge in [-0.05, 0) is 31.1 Å². The van der Waals surface area contributed by atoms with E-state index in [0.29, 0.717) is 18.7 Å². The van der Waals surface area contributed by atoms with E-state index < -0.39 is 0 Å². The molecular weight excluding hydrogens is 419 g/mol. The number of halogens is 1. The van der Waals surface area contributed by atoms with E-state index >= 15 is 0 Å². The first-order chi connectivity index (χ1) is 11.0. The summed E-state index contributed by atoms with van der Waals surface area (Å²) >= 11 is 0. The minimum atomic E-state index is -0.294. The van der Waals surface area contributed by atoms with E-state index in [9.17, 15) is 9.59 Å². The normalized spacial score (nSPS) is 10.9. The molecule has 0 aliphatic heterocycles. The van der Waals surface area contributed by atoms with Crippen LogP contribution in [0.15, 0.2) is 48.6 Å². The number of rotatable bonds is 5. The van der Waals surface area contributed by atoms with E-state index in [1.165, 1.54) is 6.92 Å². The summed E-state index contributed by atoms with van der Waals surface area (Å²) in [6.07, 6.45) is 7.17. The van der Waals surface area contributed by atoms with Gasteiger partial charge in [0.2, 0.25) is 0 Å². The Bertz CT molecular complexity index is 733. The second-order valence-electron chi connectivity index (χ2n) is 5.30. The van der Waals surface area contributed by atoms with Gasteiger partial charge in [0.15, 0.2) is 0 Å². The molecule has 0 amide bonds. The summed E-state index contributed by atoms with van der Waals surface area (Å²) in [5, 5.41) is 0. The second-order valence-corrected chi connectivity index (χ2v) is 5.30. The summed E-state index contributed by atoms with van der Waals surface area (Å²) in [6.45, 7) is 6.11. The van der Waals surface area contributed by atoms with Crippen molar-refractivity contribution < 1.29 is 42.9 Å². The number of benzene rings is 1. The molecule has 1 aromatic carbocycles. The Morgan fingerprint density at radius 2 is 1.88 bits per heavy atom. The SMILES string of the molecule is CCOC(=O)C(C)=Cc1ccc(C[n+]2ccn(C(C)=O)c2)cc1.[I-]. The van der Waals surface area contributed by atoms with Gasteiger partial charge in [0.25, 0.3) is 6.33 Å². The standard InChI is InChI=1S/C18H21N2O3.HI/c1-4-23-18(22)14(2)11-16-5-7-17(8-6-16)12-19-9-10-20(13-19)15(3)21;/h5-11,13H,4,12H2,1-3H3;1H/q+1;/p-1. The average molecular weight is 440 g/mol. The van der Waals surface area contributed by atoms with Crippen molar-refractivity contribution in [1.82, 2.24) is 4.57 Å². The van der Waals surface area contributed by atoms with E-state index in [-0.39, 0.29) is 35.9 Å². The highest BCUT2D eigenvalue weighted by Gasteiger charge is 2.08. The molecule has 0 aliphatic carbocycles. The van der Waals surface area contributed by atoms with E-state index in [1.807, 2.05) is 35.0 Å². The fraction of sp³-hybridized carbons (Fsp3) is 0.278. The zero-order valence-electron chi connectivity index (χ0n) is 14.0. The van der Waals surface area contributed by atoms with Gasteiger partial charge in [-0.1, -0.05) is 24.3 Å². The number of aromatic nitrogens is 2. The molecule has 0 fully saturated rings. The fourth-order valence-electron chi connectivity index (χ4n) is 2.16. The van der Waals surface area contributed by atoms with Crippen molar-refractivity contribution in [3.05, 3.63) is 59.7 Å². The van der Waals surface area contributed by atoms with Crippen LogP contribution in [-0.4, -0.2) is 23.1 Å². The van der Waals surface area contributed by atoms with Gasteiger partial charge in [0.05, 0.1) is 6.61 Å². The molecule has 0 unspecified atom stereocenters. The van der Waals surface area contributed by atoms with Crippen LogP contribution in [0.4, 0.5) is 0 Å². The van der Waals surface area contributed by atoms with Crippen molar-refractivity contribution in [2.24, 2.45) is 0 Å². The summed E-state index contributed by atoms with van der Waals surface area (Å²) in [6, 6.07) is 7.92. The van der Waals surface area contributed by atoms with Gasteiger partial charge in [-0.2, -0.15) is 4.57 Å². The molecule has 1 aromatic heterocycles. The quantitative estimate of drug-likeness (QED) is 0.272.